The highest BCUT2D eigenvalue weighted by molar-refractivity contribution is 7.92. The first kappa shape index (κ1) is 22.2. The minimum absolute atomic E-state index is 0.158. The topological polar surface area (TPSA) is 140 Å². The maximum absolute atomic E-state index is 12.7. The van der Waals surface area contributed by atoms with Crippen molar-refractivity contribution in [2.75, 3.05) is 4.72 Å². The largest absolute Gasteiger partial charge is 0.480 e. The summed E-state index contributed by atoms with van der Waals surface area (Å²) in [5.74, 6) is -0.990. The molecule has 2 aromatic carbocycles. The van der Waals surface area contributed by atoms with Crippen molar-refractivity contribution < 1.29 is 18.3 Å². The standard InChI is InChI=1S/C24H18N6O4S/c31-24(32)15-30-14-18(11-27-30)23-13-26-21-7-6-16(9-22(21)28-23)17-8-19(12-25-10-17)29-35(33,34)20-4-2-1-3-5-20/h1-14,29H,15H2,(H,31,32). The summed E-state index contributed by atoms with van der Waals surface area (Å²) in [7, 11) is -3.75. The molecule has 3 aromatic heterocycles. The molecule has 0 spiro atoms. The van der Waals surface area contributed by atoms with Crippen LogP contribution in [0, 0.1) is 0 Å². The molecule has 10 nitrogen and oxygen atoms in total. The van der Waals surface area contributed by atoms with Crippen LogP contribution in [0.5, 0.6) is 0 Å². The van der Waals surface area contributed by atoms with Gasteiger partial charge in [-0.05, 0) is 35.9 Å². The molecule has 0 saturated carbocycles. The molecule has 5 rings (SSSR count). The summed E-state index contributed by atoms with van der Waals surface area (Å²) in [5.41, 5.74) is 4.28. The molecular weight excluding hydrogens is 468 g/mol. The molecule has 0 radical (unpaired) electrons. The van der Waals surface area contributed by atoms with Crippen LogP contribution < -0.4 is 4.72 Å². The van der Waals surface area contributed by atoms with E-state index in [0.29, 0.717) is 33.5 Å². The number of fused-ring (bicyclic) bond motifs is 1. The average Bonchev–Trinajstić information content (AvgIpc) is 3.31. The first-order valence-electron chi connectivity index (χ1n) is 10.4. The summed E-state index contributed by atoms with van der Waals surface area (Å²) in [6.45, 7) is -0.247. The lowest BCUT2D eigenvalue weighted by atomic mass is 10.1. The average molecular weight is 487 g/mol. The molecule has 35 heavy (non-hydrogen) atoms. The number of benzene rings is 2. The van der Waals surface area contributed by atoms with Crippen LogP contribution in [0.15, 0.2) is 90.5 Å². The Hall–Kier alpha value is -4.64. The van der Waals surface area contributed by atoms with Crippen LogP contribution in [-0.4, -0.2) is 44.2 Å². The fourth-order valence-electron chi connectivity index (χ4n) is 3.52. The van der Waals surface area contributed by atoms with Gasteiger partial charge in [0, 0.05) is 23.5 Å². The van der Waals surface area contributed by atoms with E-state index in [4.69, 9.17) is 5.11 Å². The van der Waals surface area contributed by atoms with E-state index in [1.165, 1.54) is 29.2 Å². The number of pyridine rings is 1. The summed E-state index contributed by atoms with van der Waals surface area (Å²) >= 11 is 0. The highest BCUT2D eigenvalue weighted by atomic mass is 32.2. The second-order valence-corrected chi connectivity index (χ2v) is 9.34. The summed E-state index contributed by atoms with van der Waals surface area (Å²) in [4.78, 5) is 24.3. The van der Waals surface area contributed by atoms with Crippen LogP contribution in [-0.2, 0) is 21.4 Å². The number of rotatable bonds is 7. The van der Waals surface area contributed by atoms with E-state index in [2.05, 4.69) is 24.8 Å². The second-order valence-electron chi connectivity index (χ2n) is 7.66. The Morgan fingerprint density at radius 1 is 0.914 bits per heavy atom. The normalized spacial score (nSPS) is 11.4. The van der Waals surface area contributed by atoms with Crippen molar-refractivity contribution in [1.82, 2.24) is 24.7 Å². The predicted octanol–water partition coefficient (Wildman–Crippen LogP) is 3.44. The lowest BCUT2D eigenvalue weighted by Gasteiger charge is -2.10. The lowest BCUT2D eigenvalue weighted by Crippen LogP contribution is -2.12. The zero-order chi connectivity index (χ0) is 24.4. The van der Waals surface area contributed by atoms with E-state index >= 15 is 0 Å². The molecule has 0 aliphatic heterocycles. The van der Waals surface area contributed by atoms with Crippen molar-refractivity contribution in [2.45, 2.75) is 11.4 Å². The fraction of sp³-hybridized carbons (Fsp3) is 0.0417. The number of aliphatic carboxylic acids is 1. The molecule has 5 aromatic rings. The molecule has 0 atom stereocenters. The number of carbonyl (C=O) groups is 1. The number of carboxylic acid groups (broad SMARTS) is 1. The maximum Gasteiger partial charge on any atom is 0.325 e. The Kier molecular flexibility index (Phi) is 5.67. The van der Waals surface area contributed by atoms with E-state index in [-0.39, 0.29) is 11.4 Å². The van der Waals surface area contributed by atoms with Crippen LogP contribution in [0.1, 0.15) is 0 Å². The van der Waals surface area contributed by atoms with E-state index in [1.807, 2.05) is 18.2 Å². The fourth-order valence-corrected chi connectivity index (χ4v) is 4.57. The maximum atomic E-state index is 12.7. The zero-order valence-corrected chi connectivity index (χ0v) is 18.9. The van der Waals surface area contributed by atoms with Gasteiger partial charge in [-0.25, -0.2) is 13.4 Å². The Bertz CT molecular complexity index is 1650. The number of nitrogens with one attached hydrogen (secondary N) is 1. The van der Waals surface area contributed by atoms with Gasteiger partial charge < -0.3 is 5.11 Å². The second kappa shape index (κ2) is 8.95. The smallest absolute Gasteiger partial charge is 0.325 e. The van der Waals surface area contributed by atoms with Crippen molar-refractivity contribution >= 4 is 32.7 Å². The van der Waals surface area contributed by atoms with Gasteiger partial charge in [-0.2, -0.15) is 5.10 Å². The van der Waals surface area contributed by atoms with Gasteiger partial charge in [0.1, 0.15) is 6.54 Å². The van der Waals surface area contributed by atoms with Crippen molar-refractivity contribution in [1.29, 1.82) is 0 Å². The van der Waals surface area contributed by atoms with Crippen molar-refractivity contribution in [3.63, 3.8) is 0 Å². The highest BCUT2D eigenvalue weighted by Gasteiger charge is 2.14. The molecule has 11 heteroatoms. The van der Waals surface area contributed by atoms with Crippen molar-refractivity contribution in [2.24, 2.45) is 0 Å². The summed E-state index contributed by atoms with van der Waals surface area (Å²) in [6.07, 6.45) is 7.81. The third kappa shape index (κ3) is 4.84. The molecule has 0 aliphatic carbocycles. The first-order valence-corrected chi connectivity index (χ1v) is 11.9. The molecule has 0 unspecified atom stereocenters. The summed E-state index contributed by atoms with van der Waals surface area (Å²) in [6, 6.07) is 15.3. The molecular formula is C24H18N6O4S. The third-order valence-corrected chi connectivity index (χ3v) is 6.54. The Morgan fingerprint density at radius 3 is 2.54 bits per heavy atom. The van der Waals surface area contributed by atoms with E-state index < -0.39 is 16.0 Å². The lowest BCUT2D eigenvalue weighted by molar-refractivity contribution is -0.137. The van der Waals surface area contributed by atoms with Gasteiger partial charge in [-0.1, -0.05) is 24.3 Å². The third-order valence-electron chi connectivity index (χ3n) is 5.15. The molecule has 0 aliphatic rings. The Morgan fingerprint density at radius 2 is 1.74 bits per heavy atom. The van der Waals surface area contributed by atoms with Gasteiger partial charge in [0.15, 0.2) is 0 Å². The number of nitrogens with zero attached hydrogens (tertiary/aromatic N) is 5. The van der Waals surface area contributed by atoms with Crippen LogP contribution >= 0.6 is 0 Å². The van der Waals surface area contributed by atoms with Gasteiger partial charge in [0.05, 0.1) is 45.9 Å². The first-order chi connectivity index (χ1) is 16.9. The van der Waals surface area contributed by atoms with Crippen LogP contribution in [0.25, 0.3) is 33.4 Å². The van der Waals surface area contributed by atoms with E-state index in [9.17, 15) is 13.2 Å². The monoisotopic (exact) mass is 486 g/mol. The SMILES string of the molecule is O=C(O)Cn1cc(-c2cnc3ccc(-c4cncc(NS(=O)(=O)c5ccccc5)c4)cc3n2)cn1. The molecule has 2 N–H and O–H groups in total. The predicted molar refractivity (Wildman–Crippen MR) is 129 cm³/mol. The van der Waals surface area contributed by atoms with Gasteiger partial charge in [-0.3, -0.25) is 24.2 Å². The molecule has 0 bridgehead atoms. The Labute approximate surface area is 200 Å². The van der Waals surface area contributed by atoms with E-state index in [0.717, 1.165) is 5.56 Å². The van der Waals surface area contributed by atoms with Gasteiger partial charge in [-0.15, -0.1) is 0 Å². The minimum Gasteiger partial charge on any atom is -0.480 e. The highest BCUT2D eigenvalue weighted by Crippen LogP contribution is 2.27. The van der Waals surface area contributed by atoms with Gasteiger partial charge >= 0.3 is 5.97 Å². The van der Waals surface area contributed by atoms with Crippen LogP contribution in [0.4, 0.5) is 5.69 Å². The Balaban J connectivity index is 1.45. The minimum atomic E-state index is -3.75. The van der Waals surface area contributed by atoms with Crippen molar-refractivity contribution in [3.8, 4) is 22.4 Å². The van der Waals surface area contributed by atoms with Crippen LogP contribution in [0.3, 0.4) is 0 Å². The summed E-state index contributed by atoms with van der Waals surface area (Å²) < 4.78 is 29.2. The molecule has 0 fully saturated rings. The molecule has 3 heterocycles. The quantitative estimate of drug-likeness (QED) is 0.357. The molecule has 0 saturated heterocycles. The number of aromatic nitrogens is 5. The number of hydrogen-bond acceptors (Lipinski definition) is 7. The van der Waals surface area contributed by atoms with Gasteiger partial charge in [0.2, 0.25) is 0 Å². The molecule has 174 valence electrons. The van der Waals surface area contributed by atoms with Crippen molar-refractivity contribution in [3.05, 3.63) is 85.6 Å². The van der Waals surface area contributed by atoms with Crippen LogP contribution in [0.2, 0.25) is 0 Å². The van der Waals surface area contributed by atoms with Gasteiger partial charge in [0.25, 0.3) is 10.0 Å². The molecule has 0 amide bonds. The number of sulfonamides is 1. The zero-order valence-electron chi connectivity index (χ0n) is 18.1. The number of hydrogen-bond donors (Lipinski definition) is 2. The number of anilines is 1. The number of carboxylic acids is 1. The van der Waals surface area contributed by atoms with E-state index in [1.54, 1.807) is 42.9 Å². The summed E-state index contributed by atoms with van der Waals surface area (Å²) in [5, 5.41) is 13.0.